The standard InChI is InChI=1S/C10H11N.ClH/c11-10-8-5-6-3-1-2-4-7(6)9(8)10;/h1-4,8-10H,5,11H2;1H/t8-,9+,10+;/m1./s1. The third-order valence-corrected chi connectivity index (χ3v) is 3.10. The van der Waals surface area contributed by atoms with Crippen molar-refractivity contribution < 1.29 is 0 Å². The summed E-state index contributed by atoms with van der Waals surface area (Å²) in [6.07, 6.45) is 1.22. The van der Waals surface area contributed by atoms with E-state index in [1.807, 2.05) is 0 Å². The van der Waals surface area contributed by atoms with Crippen LogP contribution in [0.15, 0.2) is 24.3 Å². The van der Waals surface area contributed by atoms with E-state index in [0.717, 1.165) is 5.92 Å². The molecule has 0 aromatic heterocycles. The average Bonchev–Trinajstić information content (AvgIpc) is 2.55. The lowest BCUT2D eigenvalue weighted by atomic mass is 10.1. The van der Waals surface area contributed by atoms with Crippen LogP contribution in [0.5, 0.6) is 0 Å². The topological polar surface area (TPSA) is 26.0 Å². The predicted octanol–water partition coefficient (Wildman–Crippen LogP) is 1.71. The Morgan fingerprint density at radius 3 is 2.83 bits per heavy atom. The molecule has 3 atom stereocenters. The summed E-state index contributed by atoms with van der Waals surface area (Å²) in [6, 6.07) is 9.17. The number of hydrogen-bond acceptors (Lipinski definition) is 1. The Bertz CT molecular complexity index is 310. The van der Waals surface area contributed by atoms with Gasteiger partial charge in [-0.1, -0.05) is 24.3 Å². The van der Waals surface area contributed by atoms with Gasteiger partial charge in [-0.05, 0) is 23.5 Å². The molecular formula is C10H12ClN. The fourth-order valence-electron chi connectivity index (χ4n) is 2.40. The summed E-state index contributed by atoms with van der Waals surface area (Å²) in [4.78, 5) is 0. The summed E-state index contributed by atoms with van der Waals surface area (Å²) in [5.41, 5.74) is 8.94. The number of rotatable bonds is 0. The first-order chi connectivity index (χ1) is 5.38. The fraction of sp³-hybridized carbons (Fsp3) is 0.400. The van der Waals surface area contributed by atoms with Crippen LogP contribution >= 0.6 is 12.4 Å². The quantitative estimate of drug-likeness (QED) is 0.648. The molecule has 0 saturated heterocycles. The van der Waals surface area contributed by atoms with Crippen LogP contribution in [-0.4, -0.2) is 6.04 Å². The van der Waals surface area contributed by atoms with E-state index in [-0.39, 0.29) is 12.4 Å². The molecule has 64 valence electrons. The van der Waals surface area contributed by atoms with Crippen molar-refractivity contribution in [1.29, 1.82) is 0 Å². The van der Waals surface area contributed by atoms with Crippen LogP contribution < -0.4 is 5.73 Å². The molecule has 0 amide bonds. The highest BCUT2D eigenvalue weighted by Gasteiger charge is 2.53. The lowest BCUT2D eigenvalue weighted by Gasteiger charge is -2.02. The highest BCUT2D eigenvalue weighted by Crippen LogP contribution is 2.54. The highest BCUT2D eigenvalue weighted by atomic mass is 35.5. The summed E-state index contributed by atoms with van der Waals surface area (Å²) < 4.78 is 0. The first-order valence-corrected chi connectivity index (χ1v) is 4.21. The summed E-state index contributed by atoms with van der Waals surface area (Å²) >= 11 is 0. The molecule has 1 aromatic rings. The maximum Gasteiger partial charge on any atom is 0.0149 e. The van der Waals surface area contributed by atoms with Gasteiger partial charge in [-0.3, -0.25) is 0 Å². The van der Waals surface area contributed by atoms with Gasteiger partial charge in [0, 0.05) is 12.0 Å². The Hall–Kier alpha value is -0.530. The van der Waals surface area contributed by atoms with Gasteiger partial charge in [0.1, 0.15) is 0 Å². The highest BCUT2D eigenvalue weighted by molar-refractivity contribution is 5.85. The van der Waals surface area contributed by atoms with Gasteiger partial charge in [0.15, 0.2) is 0 Å². The minimum Gasteiger partial charge on any atom is -0.327 e. The van der Waals surface area contributed by atoms with Gasteiger partial charge in [-0.2, -0.15) is 0 Å². The van der Waals surface area contributed by atoms with Crippen molar-refractivity contribution in [2.24, 2.45) is 11.7 Å². The second-order valence-corrected chi connectivity index (χ2v) is 3.67. The zero-order valence-electron chi connectivity index (χ0n) is 6.73. The van der Waals surface area contributed by atoms with Gasteiger partial charge in [0.05, 0.1) is 0 Å². The van der Waals surface area contributed by atoms with Crippen LogP contribution in [0.1, 0.15) is 17.0 Å². The minimum atomic E-state index is 0. The van der Waals surface area contributed by atoms with E-state index in [1.165, 1.54) is 17.5 Å². The summed E-state index contributed by atoms with van der Waals surface area (Å²) in [5, 5.41) is 0. The van der Waals surface area contributed by atoms with Crippen molar-refractivity contribution in [2.75, 3.05) is 0 Å². The molecular weight excluding hydrogens is 170 g/mol. The Morgan fingerprint density at radius 1 is 1.25 bits per heavy atom. The summed E-state index contributed by atoms with van der Waals surface area (Å²) in [6.45, 7) is 0. The van der Waals surface area contributed by atoms with Crippen molar-refractivity contribution in [2.45, 2.75) is 18.4 Å². The molecule has 12 heavy (non-hydrogen) atoms. The predicted molar refractivity (Wildman–Crippen MR) is 51.6 cm³/mol. The molecule has 0 aliphatic heterocycles. The molecule has 1 saturated carbocycles. The zero-order valence-corrected chi connectivity index (χ0v) is 7.55. The molecule has 2 aliphatic carbocycles. The molecule has 3 rings (SSSR count). The van der Waals surface area contributed by atoms with E-state index in [9.17, 15) is 0 Å². The van der Waals surface area contributed by atoms with Crippen molar-refractivity contribution in [3.63, 3.8) is 0 Å². The maximum absolute atomic E-state index is 5.89. The van der Waals surface area contributed by atoms with Crippen molar-refractivity contribution in [3.05, 3.63) is 35.4 Å². The Kier molecular flexibility index (Phi) is 1.67. The molecule has 1 aromatic carbocycles. The van der Waals surface area contributed by atoms with Crippen LogP contribution in [0.4, 0.5) is 0 Å². The van der Waals surface area contributed by atoms with E-state index in [4.69, 9.17) is 5.73 Å². The molecule has 0 spiro atoms. The van der Waals surface area contributed by atoms with Crippen molar-refractivity contribution in [3.8, 4) is 0 Å². The van der Waals surface area contributed by atoms with Gasteiger partial charge < -0.3 is 5.73 Å². The molecule has 2 aliphatic rings. The van der Waals surface area contributed by atoms with Crippen molar-refractivity contribution in [1.82, 2.24) is 0 Å². The molecule has 0 bridgehead atoms. The Balaban J connectivity index is 0.000000563. The van der Waals surface area contributed by atoms with Crippen LogP contribution in [0.25, 0.3) is 0 Å². The second-order valence-electron chi connectivity index (χ2n) is 3.67. The van der Waals surface area contributed by atoms with E-state index in [0.29, 0.717) is 12.0 Å². The summed E-state index contributed by atoms with van der Waals surface area (Å²) in [5.74, 6) is 1.50. The third kappa shape index (κ3) is 0.838. The molecule has 0 radical (unpaired) electrons. The molecule has 2 N–H and O–H groups in total. The first-order valence-electron chi connectivity index (χ1n) is 4.21. The van der Waals surface area contributed by atoms with E-state index < -0.39 is 0 Å². The van der Waals surface area contributed by atoms with E-state index in [1.54, 1.807) is 0 Å². The molecule has 0 unspecified atom stereocenters. The lowest BCUT2D eigenvalue weighted by molar-refractivity contribution is 0.801. The average molecular weight is 182 g/mol. The van der Waals surface area contributed by atoms with Gasteiger partial charge >= 0.3 is 0 Å². The van der Waals surface area contributed by atoms with Crippen LogP contribution in [0.2, 0.25) is 0 Å². The number of hydrogen-bond donors (Lipinski definition) is 1. The molecule has 1 nitrogen and oxygen atoms in total. The van der Waals surface area contributed by atoms with Crippen LogP contribution in [0.3, 0.4) is 0 Å². The molecule has 2 heteroatoms. The van der Waals surface area contributed by atoms with E-state index >= 15 is 0 Å². The Labute approximate surface area is 78.4 Å². The molecule has 1 fully saturated rings. The summed E-state index contributed by atoms with van der Waals surface area (Å²) in [7, 11) is 0. The van der Waals surface area contributed by atoms with Crippen LogP contribution in [0, 0.1) is 5.92 Å². The minimum absolute atomic E-state index is 0. The van der Waals surface area contributed by atoms with Crippen molar-refractivity contribution >= 4 is 12.4 Å². The lowest BCUT2D eigenvalue weighted by Crippen LogP contribution is -2.08. The smallest absolute Gasteiger partial charge is 0.0149 e. The van der Waals surface area contributed by atoms with Crippen LogP contribution in [-0.2, 0) is 6.42 Å². The van der Waals surface area contributed by atoms with Gasteiger partial charge in [0.25, 0.3) is 0 Å². The zero-order chi connectivity index (χ0) is 7.42. The monoisotopic (exact) mass is 181 g/mol. The number of benzene rings is 1. The number of nitrogens with two attached hydrogens (primary N) is 1. The normalized spacial score (nSPS) is 34.9. The maximum atomic E-state index is 5.89. The first kappa shape index (κ1) is 8.09. The second kappa shape index (κ2) is 2.48. The largest absolute Gasteiger partial charge is 0.327 e. The van der Waals surface area contributed by atoms with E-state index in [2.05, 4.69) is 24.3 Å². The Morgan fingerprint density at radius 2 is 2.00 bits per heavy atom. The number of fused-ring (bicyclic) bond motifs is 3. The van der Waals surface area contributed by atoms with Gasteiger partial charge in [0.2, 0.25) is 0 Å². The van der Waals surface area contributed by atoms with Gasteiger partial charge in [-0.25, -0.2) is 0 Å². The SMILES string of the molecule is Cl.N[C@H]1[C@@H]2Cc3ccccc3[C@H]12. The number of halogens is 1. The third-order valence-electron chi connectivity index (χ3n) is 3.10. The molecule has 0 heterocycles. The fourth-order valence-corrected chi connectivity index (χ4v) is 2.40. The van der Waals surface area contributed by atoms with Gasteiger partial charge in [-0.15, -0.1) is 12.4 Å².